The van der Waals surface area contributed by atoms with Crippen LogP contribution in [0.5, 0.6) is 11.5 Å². The molecular formula is C14H21NO3. The van der Waals surface area contributed by atoms with Crippen LogP contribution < -0.4 is 15.2 Å². The third-order valence-corrected chi connectivity index (χ3v) is 3.16. The molecule has 0 aromatic heterocycles. The molecule has 0 spiro atoms. The molecule has 0 amide bonds. The van der Waals surface area contributed by atoms with Gasteiger partial charge >= 0.3 is 0 Å². The molecule has 0 radical (unpaired) electrons. The summed E-state index contributed by atoms with van der Waals surface area (Å²) in [5, 5.41) is 0. The molecule has 100 valence electrons. The Morgan fingerprint density at radius 3 is 2.50 bits per heavy atom. The van der Waals surface area contributed by atoms with Crippen LogP contribution in [0.25, 0.3) is 0 Å². The first-order valence-electron chi connectivity index (χ1n) is 6.34. The summed E-state index contributed by atoms with van der Waals surface area (Å²) in [6, 6.07) is 5.52. The molecule has 1 saturated heterocycles. The fraction of sp³-hybridized carbons (Fsp3) is 0.571. The second kappa shape index (κ2) is 5.48. The lowest BCUT2D eigenvalue weighted by molar-refractivity contribution is -0.0721. The molecule has 1 aromatic carbocycles. The fourth-order valence-corrected chi connectivity index (χ4v) is 2.40. The van der Waals surface area contributed by atoms with Crippen molar-refractivity contribution < 1.29 is 14.2 Å². The van der Waals surface area contributed by atoms with E-state index in [2.05, 4.69) is 13.8 Å². The van der Waals surface area contributed by atoms with E-state index in [4.69, 9.17) is 19.9 Å². The van der Waals surface area contributed by atoms with E-state index < -0.39 is 0 Å². The van der Waals surface area contributed by atoms with E-state index in [-0.39, 0.29) is 18.3 Å². The van der Waals surface area contributed by atoms with E-state index in [0.717, 1.165) is 18.6 Å². The van der Waals surface area contributed by atoms with Crippen molar-refractivity contribution in [3.8, 4) is 11.5 Å². The monoisotopic (exact) mass is 251 g/mol. The lowest BCUT2D eigenvalue weighted by Crippen LogP contribution is -2.35. The van der Waals surface area contributed by atoms with Crippen LogP contribution in [0.2, 0.25) is 0 Å². The van der Waals surface area contributed by atoms with E-state index >= 15 is 0 Å². The van der Waals surface area contributed by atoms with Crippen molar-refractivity contribution in [2.45, 2.75) is 45.0 Å². The maximum Gasteiger partial charge on any atom is 0.145 e. The van der Waals surface area contributed by atoms with E-state index in [1.165, 1.54) is 0 Å². The Hall–Kier alpha value is -1.42. The quantitative estimate of drug-likeness (QED) is 0.839. The van der Waals surface area contributed by atoms with E-state index in [0.29, 0.717) is 11.4 Å². The van der Waals surface area contributed by atoms with Gasteiger partial charge in [-0.25, -0.2) is 0 Å². The van der Waals surface area contributed by atoms with Crippen molar-refractivity contribution in [2.24, 2.45) is 0 Å². The highest BCUT2D eigenvalue weighted by Gasteiger charge is 2.25. The van der Waals surface area contributed by atoms with E-state index in [1.807, 2.05) is 12.1 Å². The molecule has 0 aliphatic carbocycles. The Labute approximate surface area is 108 Å². The number of rotatable bonds is 3. The van der Waals surface area contributed by atoms with Crippen molar-refractivity contribution in [3.05, 3.63) is 18.2 Å². The van der Waals surface area contributed by atoms with Crippen molar-refractivity contribution in [2.75, 3.05) is 12.8 Å². The SMILES string of the molecule is COc1cc(OC2CC(C)OC(C)C2)ccc1N. The van der Waals surface area contributed by atoms with Gasteiger partial charge in [-0.15, -0.1) is 0 Å². The Balaban J connectivity index is 2.04. The van der Waals surface area contributed by atoms with E-state index in [9.17, 15) is 0 Å². The summed E-state index contributed by atoms with van der Waals surface area (Å²) in [7, 11) is 1.61. The number of hydrogen-bond acceptors (Lipinski definition) is 4. The minimum absolute atomic E-state index is 0.192. The molecule has 4 nitrogen and oxygen atoms in total. The van der Waals surface area contributed by atoms with Gasteiger partial charge in [0.15, 0.2) is 0 Å². The number of hydrogen-bond donors (Lipinski definition) is 1. The highest BCUT2D eigenvalue weighted by atomic mass is 16.5. The standard InChI is InChI=1S/C14H21NO3/c1-9-6-12(7-10(2)17-9)18-11-4-5-13(15)14(8-11)16-3/h4-5,8-10,12H,6-7,15H2,1-3H3. The first kappa shape index (κ1) is 13.0. The topological polar surface area (TPSA) is 53.7 Å². The average molecular weight is 251 g/mol. The van der Waals surface area contributed by atoms with E-state index in [1.54, 1.807) is 13.2 Å². The molecule has 2 unspecified atom stereocenters. The van der Waals surface area contributed by atoms with Crippen LogP contribution in [0.15, 0.2) is 18.2 Å². The summed E-state index contributed by atoms with van der Waals surface area (Å²) in [6.45, 7) is 4.16. The van der Waals surface area contributed by atoms with Crippen molar-refractivity contribution in [1.29, 1.82) is 0 Å². The predicted molar refractivity (Wildman–Crippen MR) is 71.1 cm³/mol. The first-order chi connectivity index (χ1) is 8.58. The predicted octanol–water partition coefficient (Wildman–Crippen LogP) is 2.61. The molecule has 18 heavy (non-hydrogen) atoms. The number of benzene rings is 1. The minimum Gasteiger partial charge on any atom is -0.494 e. The summed E-state index contributed by atoms with van der Waals surface area (Å²) >= 11 is 0. The molecule has 2 atom stereocenters. The summed E-state index contributed by atoms with van der Waals surface area (Å²) in [5.41, 5.74) is 6.40. The zero-order chi connectivity index (χ0) is 13.1. The van der Waals surface area contributed by atoms with Gasteiger partial charge in [0.2, 0.25) is 0 Å². The molecule has 1 aliphatic rings. The van der Waals surface area contributed by atoms with Gasteiger partial charge in [0.1, 0.15) is 17.6 Å². The van der Waals surface area contributed by atoms with Gasteiger partial charge in [-0.1, -0.05) is 0 Å². The summed E-state index contributed by atoms with van der Waals surface area (Å²) in [5.74, 6) is 1.45. The van der Waals surface area contributed by atoms with Crippen molar-refractivity contribution >= 4 is 5.69 Å². The van der Waals surface area contributed by atoms with Gasteiger partial charge in [-0.2, -0.15) is 0 Å². The molecule has 0 bridgehead atoms. The highest BCUT2D eigenvalue weighted by Crippen LogP contribution is 2.29. The molecule has 1 aliphatic heterocycles. The highest BCUT2D eigenvalue weighted by molar-refractivity contribution is 5.55. The third kappa shape index (κ3) is 3.07. The largest absolute Gasteiger partial charge is 0.494 e. The fourth-order valence-electron chi connectivity index (χ4n) is 2.40. The van der Waals surface area contributed by atoms with Crippen LogP contribution in [-0.4, -0.2) is 25.4 Å². The maximum atomic E-state index is 5.98. The number of nitrogen functional groups attached to an aromatic ring is 1. The molecule has 1 aromatic rings. The maximum absolute atomic E-state index is 5.98. The van der Waals surface area contributed by atoms with Crippen LogP contribution in [-0.2, 0) is 4.74 Å². The molecule has 1 heterocycles. The third-order valence-electron chi connectivity index (χ3n) is 3.16. The molecule has 2 rings (SSSR count). The van der Waals surface area contributed by atoms with Gasteiger partial charge in [-0.3, -0.25) is 0 Å². The second-order valence-electron chi connectivity index (χ2n) is 4.87. The van der Waals surface area contributed by atoms with Gasteiger partial charge in [0.05, 0.1) is 25.0 Å². The van der Waals surface area contributed by atoms with Crippen molar-refractivity contribution in [3.63, 3.8) is 0 Å². The summed E-state index contributed by atoms with van der Waals surface area (Å²) < 4.78 is 16.9. The normalized spacial score (nSPS) is 27.8. The smallest absolute Gasteiger partial charge is 0.145 e. The van der Waals surface area contributed by atoms with Gasteiger partial charge in [0, 0.05) is 18.9 Å². The van der Waals surface area contributed by atoms with Gasteiger partial charge in [0.25, 0.3) is 0 Å². The van der Waals surface area contributed by atoms with Crippen LogP contribution in [0.4, 0.5) is 5.69 Å². The number of methoxy groups -OCH3 is 1. The van der Waals surface area contributed by atoms with Crippen LogP contribution >= 0.6 is 0 Å². The number of nitrogens with two attached hydrogens (primary N) is 1. The van der Waals surface area contributed by atoms with Crippen LogP contribution in [0.3, 0.4) is 0 Å². The Bertz CT molecular complexity index is 398. The Kier molecular flexibility index (Phi) is 3.97. The number of ether oxygens (including phenoxy) is 3. The van der Waals surface area contributed by atoms with Crippen LogP contribution in [0, 0.1) is 0 Å². The molecule has 4 heteroatoms. The number of anilines is 1. The zero-order valence-corrected chi connectivity index (χ0v) is 11.2. The Morgan fingerprint density at radius 1 is 1.22 bits per heavy atom. The minimum atomic E-state index is 0.192. The molecule has 0 saturated carbocycles. The molecule has 2 N–H and O–H groups in total. The zero-order valence-electron chi connectivity index (χ0n) is 11.2. The van der Waals surface area contributed by atoms with Gasteiger partial charge in [-0.05, 0) is 26.0 Å². The Morgan fingerprint density at radius 2 is 1.89 bits per heavy atom. The lowest BCUT2D eigenvalue weighted by Gasteiger charge is -2.32. The summed E-state index contributed by atoms with van der Waals surface area (Å²) in [6.07, 6.45) is 2.51. The first-order valence-corrected chi connectivity index (χ1v) is 6.34. The van der Waals surface area contributed by atoms with Crippen molar-refractivity contribution in [1.82, 2.24) is 0 Å². The second-order valence-corrected chi connectivity index (χ2v) is 4.87. The summed E-state index contributed by atoms with van der Waals surface area (Å²) in [4.78, 5) is 0. The lowest BCUT2D eigenvalue weighted by atomic mass is 10.0. The van der Waals surface area contributed by atoms with Crippen LogP contribution in [0.1, 0.15) is 26.7 Å². The molecular weight excluding hydrogens is 230 g/mol. The average Bonchev–Trinajstić information content (AvgIpc) is 2.30. The van der Waals surface area contributed by atoms with Gasteiger partial charge < -0.3 is 19.9 Å². The molecule has 1 fully saturated rings.